The lowest BCUT2D eigenvalue weighted by Gasteiger charge is -2.16. The molecular weight excluding hydrogens is 340 g/mol. The fourth-order valence-electron chi connectivity index (χ4n) is 2.21. The molecule has 0 amide bonds. The number of hydrogen-bond donors (Lipinski definition) is 1. The first-order valence-corrected chi connectivity index (χ1v) is 9.92. The molecule has 0 atom stereocenters. The van der Waals surface area contributed by atoms with Gasteiger partial charge >= 0.3 is 22.3 Å². The Morgan fingerprint density at radius 1 is 0.917 bits per heavy atom. The molecule has 0 aliphatic carbocycles. The van der Waals surface area contributed by atoms with Crippen LogP contribution in [0, 0.1) is 0 Å². The molecule has 0 spiro atoms. The Morgan fingerprint density at radius 2 is 1.42 bits per heavy atom. The van der Waals surface area contributed by atoms with E-state index in [0.717, 1.165) is 19.3 Å². The summed E-state index contributed by atoms with van der Waals surface area (Å²) in [7, 11) is -4.03. The maximum Gasteiger partial charge on any atom is 0.506 e. The van der Waals surface area contributed by atoms with Crippen LogP contribution in [0.5, 0.6) is 0 Å². The minimum absolute atomic E-state index is 0.305. The van der Waals surface area contributed by atoms with Crippen LogP contribution in [-0.4, -0.2) is 20.1 Å². The van der Waals surface area contributed by atoms with Crippen LogP contribution in [0.2, 0.25) is 0 Å². The van der Waals surface area contributed by atoms with Gasteiger partial charge in [0.1, 0.15) is 0 Å². The third-order valence-corrected chi connectivity index (χ3v) is 4.23. The molecule has 0 bridgehead atoms. The third kappa shape index (κ3) is 9.84. The minimum atomic E-state index is -4.03. The molecule has 9 heteroatoms. The van der Waals surface area contributed by atoms with Crippen molar-refractivity contribution in [2.24, 2.45) is 0 Å². The summed E-state index contributed by atoms with van der Waals surface area (Å²) in [6.07, 6.45) is 13.5. The van der Waals surface area contributed by atoms with Crippen molar-refractivity contribution in [3.63, 3.8) is 0 Å². The highest BCUT2D eigenvalue weighted by molar-refractivity contribution is 7.83. The molecule has 142 valence electrons. The van der Waals surface area contributed by atoms with E-state index in [2.05, 4.69) is 30.1 Å². The first-order chi connectivity index (χ1) is 11.5. The summed E-state index contributed by atoms with van der Waals surface area (Å²) in [6, 6.07) is 0. The fraction of sp³-hybridized carbons (Fsp3) is 0.867. The average molecular weight is 368 g/mol. The second-order valence-corrected chi connectivity index (χ2v) is 6.83. The number of unbranched alkanes of at least 4 members (excludes halogenated alkanes) is 10. The minimum Gasteiger partial charge on any atom is -0.474 e. The smallest absolute Gasteiger partial charge is 0.474 e. The Kier molecular flexibility index (Phi) is 10.6. The van der Waals surface area contributed by atoms with Crippen LogP contribution in [0.25, 0.3) is 0 Å². The van der Waals surface area contributed by atoms with Gasteiger partial charge in [-0.25, -0.2) is 0 Å². The van der Waals surface area contributed by atoms with Gasteiger partial charge in [0.25, 0.3) is 0 Å². The molecule has 1 N–H and O–H groups in total. The van der Waals surface area contributed by atoms with E-state index in [9.17, 15) is 8.42 Å². The van der Waals surface area contributed by atoms with Crippen LogP contribution in [0.15, 0.2) is 11.9 Å². The molecule has 1 saturated heterocycles. The predicted octanol–water partition coefficient (Wildman–Crippen LogP) is 4.15. The van der Waals surface area contributed by atoms with Crippen molar-refractivity contribution in [3.8, 4) is 0 Å². The van der Waals surface area contributed by atoms with Crippen molar-refractivity contribution >= 4 is 10.4 Å². The molecule has 0 aromatic heterocycles. The summed E-state index contributed by atoms with van der Waals surface area (Å²) >= 11 is 0. The molecule has 1 fully saturated rings. The number of hydrogen-bond acceptors (Lipinski definition) is 8. The van der Waals surface area contributed by atoms with Crippen molar-refractivity contribution in [2.45, 2.75) is 77.6 Å². The lowest BCUT2D eigenvalue weighted by molar-refractivity contribution is -0.507. The fourth-order valence-corrected chi connectivity index (χ4v) is 2.74. The molecule has 0 unspecified atom stereocenters. The Morgan fingerprint density at radius 3 is 1.92 bits per heavy atom. The molecule has 0 saturated carbocycles. The number of aliphatic hydroxyl groups excluding tert-OH is 1. The summed E-state index contributed by atoms with van der Waals surface area (Å²) in [5.41, 5.74) is 0. The van der Waals surface area contributed by atoms with E-state index < -0.39 is 22.3 Å². The monoisotopic (exact) mass is 368 g/mol. The SMILES string of the molecule is CCCCCCCCCCCCCOOOC(O)=C1OS(=O)(=O)O1. The van der Waals surface area contributed by atoms with E-state index in [-0.39, 0.29) is 0 Å². The van der Waals surface area contributed by atoms with Crippen molar-refractivity contribution in [1.82, 2.24) is 0 Å². The third-order valence-electron chi connectivity index (χ3n) is 3.52. The Balaban J connectivity index is 1.80. The van der Waals surface area contributed by atoms with Crippen molar-refractivity contribution in [2.75, 3.05) is 6.61 Å². The quantitative estimate of drug-likeness (QED) is 0.199. The summed E-state index contributed by atoms with van der Waals surface area (Å²) in [5, 5.41) is 13.4. The second-order valence-electron chi connectivity index (χ2n) is 5.68. The van der Waals surface area contributed by atoms with Crippen LogP contribution in [0.3, 0.4) is 0 Å². The Hall–Kier alpha value is -1.19. The van der Waals surface area contributed by atoms with Crippen molar-refractivity contribution < 1.29 is 36.7 Å². The summed E-state index contributed by atoms with van der Waals surface area (Å²) in [4.78, 5) is 8.92. The predicted molar refractivity (Wildman–Crippen MR) is 85.3 cm³/mol. The molecule has 0 aromatic carbocycles. The molecule has 1 aliphatic rings. The molecule has 1 aliphatic heterocycles. The summed E-state index contributed by atoms with van der Waals surface area (Å²) in [5.74, 6) is -1.64. The van der Waals surface area contributed by atoms with Crippen LogP contribution in [0.1, 0.15) is 77.6 Å². The Labute approximate surface area is 143 Å². The number of rotatable bonds is 15. The highest BCUT2D eigenvalue weighted by Crippen LogP contribution is 2.24. The number of aliphatic hydroxyl groups is 1. The van der Waals surface area contributed by atoms with E-state index in [1.807, 2.05) is 0 Å². The molecule has 1 rings (SSSR count). The molecular formula is C15H28O8S. The van der Waals surface area contributed by atoms with Gasteiger partial charge < -0.3 is 13.5 Å². The van der Waals surface area contributed by atoms with Crippen LogP contribution in [0.4, 0.5) is 0 Å². The van der Waals surface area contributed by atoms with Gasteiger partial charge in [-0.15, -0.1) is 8.42 Å². The van der Waals surface area contributed by atoms with Gasteiger partial charge in [0, 0.05) is 0 Å². The zero-order valence-corrected chi connectivity index (χ0v) is 15.0. The molecule has 0 radical (unpaired) electrons. The van der Waals surface area contributed by atoms with Crippen LogP contribution >= 0.6 is 0 Å². The van der Waals surface area contributed by atoms with Gasteiger partial charge in [0.05, 0.1) is 6.61 Å². The van der Waals surface area contributed by atoms with Gasteiger partial charge in [-0.2, -0.15) is 4.89 Å². The lowest BCUT2D eigenvalue weighted by atomic mass is 10.1. The van der Waals surface area contributed by atoms with Crippen molar-refractivity contribution in [3.05, 3.63) is 11.9 Å². The second kappa shape index (κ2) is 12.2. The van der Waals surface area contributed by atoms with Gasteiger partial charge in [-0.05, 0) is 11.5 Å². The summed E-state index contributed by atoms with van der Waals surface area (Å²) in [6.45, 7) is 2.53. The zero-order chi connectivity index (χ0) is 17.7. The van der Waals surface area contributed by atoms with Gasteiger partial charge in [-0.1, -0.05) is 71.1 Å². The highest BCUT2D eigenvalue weighted by atomic mass is 32.3. The largest absolute Gasteiger partial charge is 0.506 e. The van der Waals surface area contributed by atoms with E-state index >= 15 is 0 Å². The molecule has 24 heavy (non-hydrogen) atoms. The van der Waals surface area contributed by atoms with E-state index in [0.29, 0.717) is 6.61 Å². The standard InChI is InChI=1S/C15H28O8S/c1-2-3-4-5-6-7-8-9-10-11-12-13-19-23-20-14(16)15-21-24(17,18)22-15/h16H,2-13H2,1H3. The van der Waals surface area contributed by atoms with E-state index in [4.69, 9.17) is 5.11 Å². The first kappa shape index (κ1) is 20.9. The topological polar surface area (TPSA) is 101 Å². The molecule has 1 heterocycles. The molecule has 0 aromatic rings. The normalized spacial score (nSPS) is 15.3. The zero-order valence-electron chi connectivity index (χ0n) is 14.2. The van der Waals surface area contributed by atoms with Gasteiger partial charge in [0.15, 0.2) is 0 Å². The van der Waals surface area contributed by atoms with E-state index in [1.165, 1.54) is 51.4 Å². The molecule has 8 nitrogen and oxygen atoms in total. The highest BCUT2D eigenvalue weighted by Gasteiger charge is 2.37. The van der Waals surface area contributed by atoms with Crippen LogP contribution in [-0.2, 0) is 33.6 Å². The van der Waals surface area contributed by atoms with Crippen molar-refractivity contribution in [1.29, 1.82) is 0 Å². The van der Waals surface area contributed by atoms with Gasteiger partial charge in [-0.3, -0.25) is 4.89 Å². The maximum atomic E-state index is 10.5. The Bertz CT molecular complexity index is 446. The lowest BCUT2D eigenvalue weighted by Crippen LogP contribution is -2.24. The van der Waals surface area contributed by atoms with Gasteiger partial charge in [0.2, 0.25) is 0 Å². The van der Waals surface area contributed by atoms with Crippen LogP contribution < -0.4 is 0 Å². The van der Waals surface area contributed by atoms with E-state index in [1.54, 1.807) is 0 Å². The summed E-state index contributed by atoms with van der Waals surface area (Å²) < 4.78 is 29.1. The average Bonchev–Trinajstić information content (AvgIpc) is 2.52. The maximum absolute atomic E-state index is 10.5. The first-order valence-electron chi connectivity index (χ1n) is 8.58.